The standard InChI is InChI=1S/C20H19F3N4O5/c1-11(12-2-5-17-15(8-12)26-19(29)10-32-17)25-18(28)6-7-24-14-4-3-13(20(21,22)23)9-16(14)27(30)31/h2-5,8-9,11,24H,6-7,10H2,1H3,(H,25,28)(H,26,29). The maximum atomic E-state index is 12.8. The molecule has 0 radical (unpaired) electrons. The number of nitrogens with zero attached hydrogens (tertiary/aromatic N) is 1. The topological polar surface area (TPSA) is 123 Å². The van der Waals surface area contributed by atoms with E-state index in [1.165, 1.54) is 0 Å². The summed E-state index contributed by atoms with van der Waals surface area (Å²) < 4.78 is 43.6. The van der Waals surface area contributed by atoms with E-state index in [0.717, 1.165) is 12.1 Å². The van der Waals surface area contributed by atoms with Crippen molar-refractivity contribution in [3.63, 3.8) is 0 Å². The molecule has 0 bridgehead atoms. The number of nitro groups is 1. The molecule has 12 heteroatoms. The minimum Gasteiger partial charge on any atom is -0.482 e. The zero-order chi connectivity index (χ0) is 23.5. The minimum absolute atomic E-state index is 0.0289. The molecule has 0 saturated heterocycles. The SMILES string of the molecule is CC(NC(=O)CCNc1ccc(C(F)(F)F)cc1[N+](=O)[O-])c1ccc2c(c1)NC(=O)CO2. The van der Waals surface area contributed by atoms with Gasteiger partial charge in [-0.05, 0) is 36.8 Å². The first kappa shape index (κ1) is 22.8. The summed E-state index contributed by atoms with van der Waals surface area (Å²) in [6.45, 7) is 1.64. The quantitative estimate of drug-likeness (QED) is 0.436. The molecule has 2 aromatic rings. The van der Waals surface area contributed by atoms with Crippen LogP contribution >= 0.6 is 0 Å². The molecule has 0 saturated carbocycles. The Balaban J connectivity index is 1.57. The molecule has 170 valence electrons. The highest BCUT2D eigenvalue weighted by atomic mass is 19.4. The molecule has 1 unspecified atom stereocenters. The summed E-state index contributed by atoms with van der Waals surface area (Å²) in [4.78, 5) is 33.9. The van der Waals surface area contributed by atoms with Crippen LogP contribution in [-0.4, -0.2) is 29.9 Å². The summed E-state index contributed by atoms with van der Waals surface area (Å²) in [7, 11) is 0. The Morgan fingerprint density at radius 2 is 2.03 bits per heavy atom. The van der Waals surface area contributed by atoms with Crippen LogP contribution in [0.25, 0.3) is 0 Å². The van der Waals surface area contributed by atoms with Gasteiger partial charge in [0.15, 0.2) is 6.61 Å². The van der Waals surface area contributed by atoms with Gasteiger partial charge in [-0.2, -0.15) is 13.2 Å². The number of anilines is 2. The lowest BCUT2D eigenvalue weighted by Gasteiger charge is -2.21. The first-order valence-electron chi connectivity index (χ1n) is 9.50. The molecule has 1 aliphatic heterocycles. The molecule has 0 spiro atoms. The molecule has 1 atom stereocenters. The van der Waals surface area contributed by atoms with Gasteiger partial charge in [-0.25, -0.2) is 0 Å². The highest BCUT2D eigenvalue weighted by Gasteiger charge is 2.33. The fraction of sp³-hybridized carbons (Fsp3) is 0.300. The second kappa shape index (κ2) is 9.12. The summed E-state index contributed by atoms with van der Waals surface area (Å²) in [5.74, 6) is -0.137. The zero-order valence-corrected chi connectivity index (χ0v) is 16.8. The Bertz CT molecular complexity index is 1060. The van der Waals surface area contributed by atoms with E-state index in [-0.39, 0.29) is 37.1 Å². The second-order valence-electron chi connectivity index (χ2n) is 7.05. The number of nitrogens with one attached hydrogen (secondary N) is 3. The maximum Gasteiger partial charge on any atom is 0.416 e. The number of halogens is 3. The summed E-state index contributed by atoms with van der Waals surface area (Å²) in [6.07, 6.45) is -4.78. The molecular formula is C20H19F3N4O5. The molecule has 1 heterocycles. The molecule has 2 amide bonds. The van der Waals surface area contributed by atoms with Crippen molar-refractivity contribution in [2.75, 3.05) is 23.8 Å². The van der Waals surface area contributed by atoms with Crippen LogP contribution in [0, 0.1) is 10.1 Å². The third-order valence-electron chi connectivity index (χ3n) is 4.70. The zero-order valence-electron chi connectivity index (χ0n) is 16.8. The molecule has 0 fully saturated rings. The lowest BCUT2D eigenvalue weighted by atomic mass is 10.1. The van der Waals surface area contributed by atoms with Gasteiger partial charge in [0.1, 0.15) is 11.4 Å². The Labute approximate surface area is 180 Å². The molecule has 32 heavy (non-hydrogen) atoms. The van der Waals surface area contributed by atoms with Crippen molar-refractivity contribution in [1.29, 1.82) is 0 Å². The van der Waals surface area contributed by atoms with Crippen molar-refractivity contribution in [2.45, 2.75) is 25.6 Å². The monoisotopic (exact) mass is 452 g/mol. The number of carbonyl (C=O) groups is 2. The van der Waals surface area contributed by atoms with Crippen molar-refractivity contribution >= 4 is 28.9 Å². The van der Waals surface area contributed by atoms with E-state index in [1.54, 1.807) is 25.1 Å². The molecular weight excluding hydrogens is 433 g/mol. The van der Waals surface area contributed by atoms with Crippen molar-refractivity contribution < 1.29 is 32.4 Å². The number of fused-ring (bicyclic) bond motifs is 1. The first-order chi connectivity index (χ1) is 15.0. The molecule has 0 aliphatic carbocycles. The summed E-state index contributed by atoms with van der Waals surface area (Å²) in [5.41, 5.74) is -0.764. The van der Waals surface area contributed by atoms with E-state index in [1.807, 2.05) is 0 Å². The van der Waals surface area contributed by atoms with Gasteiger partial charge in [-0.3, -0.25) is 19.7 Å². The third-order valence-corrected chi connectivity index (χ3v) is 4.70. The van der Waals surface area contributed by atoms with Crippen LogP contribution in [-0.2, 0) is 15.8 Å². The predicted molar refractivity (Wildman–Crippen MR) is 108 cm³/mol. The van der Waals surface area contributed by atoms with Gasteiger partial charge in [0, 0.05) is 19.0 Å². The Morgan fingerprint density at radius 3 is 2.72 bits per heavy atom. The lowest BCUT2D eigenvalue weighted by molar-refractivity contribution is -0.384. The van der Waals surface area contributed by atoms with E-state index in [4.69, 9.17) is 4.74 Å². The fourth-order valence-electron chi connectivity index (χ4n) is 3.09. The second-order valence-corrected chi connectivity index (χ2v) is 7.05. The van der Waals surface area contributed by atoms with E-state index < -0.39 is 28.4 Å². The van der Waals surface area contributed by atoms with Crippen molar-refractivity contribution in [3.05, 3.63) is 57.6 Å². The van der Waals surface area contributed by atoms with E-state index in [2.05, 4.69) is 16.0 Å². The summed E-state index contributed by atoms with van der Waals surface area (Å²) >= 11 is 0. The number of amides is 2. The summed E-state index contributed by atoms with van der Waals surface area (Å²) in [5, 5.41) is 19.2. The van der Waals surface area contributed by atoms with Crippen LogP contribution < -0.4 is 20.7 Å². The largest absolute Gasteiger partial charge is 0.482 e. The normalized spacial score (nSPS) is 13.9. The van der Waals surface area contributed by atoms with Crippen molar-refractivity contribution in [1.82, 2.24) is 5.32 Å². The maximum absolute atomic E-state index is 12.8. The van der Waals surface area contributed by atoms with E-state index in [0.29, 0.717) is 23.1 Å². The fourth-order valence-corrected chi connectivity index (χ4v) is 3.09. The van der Waals surface area contributed by atoms with Crippen LogP contribution in [0.2, 0.25) is 0 Å². The van der Waals surface area contributed by atoms with Crippen LogP contribution in [0.15, 0.2) is 36.4 Å². The Kier molecular flexibility index (Phi) is 6.51. The molecule has 3 rings (SSSR count). The lowest BCUT2D eigenvalue weighted by Crippen LogP contribution is -2.29. The van der Waals surface area contributed by atoms with E-state index in [9.17, 15) is 32.9 Å². The van der Waals surface area contributed by atoms with Crippen LogP contribution in [0.5, 0.6) is 5.75 Å². The van der Waals surface area contributed by atoms with Crippen molar-refractivity contribution in [3.8, 4) is 5.75 Å². The minimum atomic E-state index is -4.70. The number of ether oxygens (including phenoxy) is 1. The van der Waals surface area contributed by atoms with Crippen LogP contribution in [0.4, 0.5) is 30.2 Å². The van der Waals surface area contributed by atoms with Gasteiger partial charge in [0.05, 0.1) is 22.2 Å². The average molecular weight is 452 g/mol. The van der Waals surface area contributed by atoms with Crippen LogP contribution in [0.3, 0.4) is 0 Å². The van der Waals surface area contributed by atoms with Gasteiger partial charge in [-0.15, -0.1) is 0 Å². The summed E-state index contributed by atoms with van der Waals surface area (Å²) in [6, 6.07) is 6.83. The van der Waals surface area contributed by atoms with Gasteiger partial charge in [0.25, 0.3) is 11.6 Å². The number of carbonyl (C=O) groups excluding carboxylic acids is 2. The third kappa shape index (κ3) is 5.45. The molecule has 0 aromatic heterocycles. The molecule has 3 N–H and O–H groups in total. The molecule has 1 aliphatic rings. The van der Waals surface area contributed by atoms with Gasteiger partial charge < -0.3 is 20.7 Å². The van der Waals surface area contributed by atoms with Crippen molar-refractivity contribution in [2.24, 2.45) is 0 Å². The Hall–Kier alpha value is -3.83. The smallest absolute Gasteiger partial charge is 0.416 e. The molecule has 2 aromatic carbocycles. The first-order valence-corrected chi connectivity index (χ1v) is 9.50. The number of hydrogen-bond acceptors (Lipinski definition) is 6. The van der Waals surface area contributed by atoms with Gasteiger partial charge in [-0.1, -0.05) is 6.07 Å². The highest BCUT2D eigenvalue weighted by molar-refractivity contribution is 5.95. The van der Waals surface area contributed by atoms with Gasteiger partial charge in [0.2, 0.25) is 5.91 Å². The van der Waals surface area contributed by atoms with Gasteiger partial charge >= 0.3 is 6.18 Å². The van der Waals surface area contributed by atoms with E-state index >= 15 is 0 Å². The number of benzene rings is 2. The Morgan fingerprint density at radius 1 is 1.28 bits per heavy atom. The average Bonchev–Trinajstić information content (AvgIpc) is 2.72. The number of alkyl halides is 3. The number of hydrogen-bond donors (Lipinski definition) is 3. The van der Waals surface area contributed by atoms with Crippen LogP contribution in [0.1, 0.15) is 30.5 Å². The predicted octanol–water partition coefficient (Wildman–Crippen LogP) is 3.62. The highest BCUT2D eigenvalue weighted by Crippen LogP contribution is 2.35. The number of nitro benzene ring substituents is 1. The molecule has 9 nitrogen and oxygen atoms in total. The number of rotatable bonds is 7.